The molecule has 172 valence electrons. The minimum Gasteiger partial charge on any atom is -0.457 e. The molecule has 0 radical (unpaired) electrons. The van der Waals surface area contributed by atoms with Gasteiger partial charge in [0.15, 0.2) is 0 Å². The van der Waals surface area contributed by atoms with Gasteiger partial charge in [-0.1, -0.05) is 42.5 Å². The Bertz CT molecular complexity index is 1400. The SMILES string of the molecule is NS(=O)(=O)c1ccc(NN=Cc2ccc(-c3ccc(C(=O)OCc4ccccc4)cc3)o2)cc1. The highest BCUT2D eigenvalue weighted by Crippen LogP contribution is 2.22. The Hall–Kier alpha value is -4.21. The number of nitrogens with one attached hydrogen (secondary N) is 1. The quantitative estimate of drug-likeness (QED) is 0.221. The summed E-state index contributed by atoms with van der Waals surface area (Å²) in [5, 5.41) is 9.16. The van der Waals surface area contributed by atoms with Crippen LogP contribution in [0.15, 0.2) is 105 Å². The first-order valence-corrected chi connectivity index (χ1v) is 11.8. The molecular formula is C25H21N3O5S. The minimum absolute atomic E-state index is 0.0215. The maximum absolute atomic E-state index is 12.3. The summed E-state index contributed by atoms with van der Waals surface area (Å²) in [6, 6.07) is 25.9. The summed E-state index contributed by atoms with van der Waals surface area (Å²) in [7, 11) is -3.74. The van der Waals surface area contributed by atoms with E-state index in [1.807, 2.05) is 30.3 Å². The normalized spacial score (nSPS) is 11.4. The number of benzene rings is 3. The van der Waals surface area contributed by atoms with Gasteiger partial charge in [-0.05, 0) is 54.1 Å². The number of rotatable bonds is 8. The monoisotopic (exact) mass is 475 g/mol. The van der Waals surface area contributed by atoms with Gasteiger partial charge in [-0.2, -0.15) is 5.10 Å². The van der Waals surface area contributed by atoms with E-state index in [1.165, 1.54) is 18.3 Å². The highest BCUT2D eigenvalue weighted by Gasteiger charge is 2.10. The van der Waals surface area contributed by atoms with Crippen molar-refractivity contribution in [3.05, 3.63) is 108 Å². The van der Waals surface area contributed by atoms with Gasteiger partial charge in [-0.3, -0.25) is 5.43 Å². The second-order valence-electron chi connectivity index (χ2n) is 7.28. The van der Waals surface area contributed by atoms with Crippen molar-refractivity contribution in [3.8, 4) is 11.3 Å². The number of ether oxygens (including phenoxy) is 1. The number of hydrogen-bond donors (Lipinski definition) is 2. The molecule has 0 aliphatic carbocycles. The Morgan fingerprint density at radius 2 is 1.65 bits per heavy atom. The number of hydrogen-bond acceptors (Lipinski definition) is 7. The molecule has 1 heterocycles. The Morgan fingerprint density at radius 1 is 0.941 bits per heavy atom. The molecule has 0 aliphatic rings. The summed E-state index contributed by atoms with van der Waals surface area (Å²) in [5.74, 6) is 0.726. The van der Waals surface area contributed by atoms with E-state index in [0.717, 1.165) is 11.1 Å². The van der Waals surface area contributed by atoms with Gasteiger partial charge in [0.1, 0.15) is 18.1 Å². The number of nitrogens with zero attached hydrogens (tertiary/aromatic N) is 1. The molecule has 0 amide bonds. The van der Waals surface area contributed by atoms with Crippen LogP contribution in [-0.2, 0) is 21.4 Å². The molecule has 0 atom stereocenters. The Morgan fingerprint density at radius 3 is 2.32 bits per heavy atom. The minimum atomic E-state index is -3.74. The van der Waals surface area contributed by atoms with E-state index in [9.17, 15) is 13.2 Å². The summed E-state index contributed by atoms with van der Waals surface area (Å²) in [5.41, 5.74) is 5.55. The first-order valence-electron chi connectivity index (χ1n) is 10.2. The van der Waals surface area contributed by atoms with E-state index in [2.05, 4.69) is 10.5 Å². The molecule has 34 heavy (non-hydrogen) atoms. The van der Waals surface area contributed by atoms with E-state index in [4.69, 9.17) is 14.3 Å². The molecular weight excluding hydrogens is 454 g/mol. The number of nitrogens with two attached hydrogens (primary N) is 1. The number of anilines is 1. The zero-order valence-corrected chi connectivity index (χ0v) is 18.7. The van der Waals surface area contributed by atoms with E-state index in [1.54, 1.807) is 48.5 Å². The fourth-order valence-corrected chi connectivity index (χ4v) is 3.56. The Balaban J connectivity index is 1.34. The summed E-state index contributed by atoms with van der Waals surface area (Å²) in [4.78, 5) is 12.3. The number of primary sulfonamides is 1. The van der Waals surface area contributed by atoms with Crippen LogP contribution in [0.25, 0.3) is 11.3 Å². The van der Waals surface area contributed by atoms with Gasteiger partial charge >= 0.3 is 5.97 Å². The zero-order valence-electron chi connectivity index (χ0n) is 17.9. The van der Waals surface area contributed by atoms with E-state index >= 15 is 0 Å². The first kappa shape index (κ1) is 23.0. The van der Waals surface area contributed by atoms with Crippen LogP contribution in [0.2, 0.25) is 0 Å². The molecule has 4 aromatic rings. The van der Waals surface area contributed by atoms with Gasteiger partial charge in [0.25, 0.3) is 0 Å². The molecule has 3 N–H and O–H groups in total. The van der Waals surface area contributed by atoms with Crippen molar-refractivity contribution in [2.24, 2.45) is 10.2 Å². The summed E-state index contributed by atoms with van der Waals surface area (Å²) in [6.07, 6.45) is 1.49. The maximum atomic E-state index is 12.3. The van der Waals surface area contributed by atoms with E-state index in [0.29, 0.717) is 22.8 Å². The molecule has 3 aromatic carbocycles. The Labute approximate surface area is 196 Å². The van der Waals surface area contributed by atoms with Crippen LogP contribution in [-0.4, -0.2) is 20.6 Å². The molecule has 0 bridgehead atoms. The van der Waals surface area contributed by atoms with Crippen LogP contribution >= 0.6 is 0 Å². The van der Waals surface area contributed by atoms with Crippen molar-refractivity contribution in [1.82, 2.24) is 0 Å². The second-order valence-corrected chi connectivity index (χ2v) is 8.84. The summed E-state index contributed by atoms with van der Waals surface area (Å²) < 4.78 is 33.7. The van der Waals surface area contributed by atoms with E-state index < -0.39 is 16.0 Å². The third kappa shape index (κ3) is 5.97. The highest BCUT2D eigenvalue weighted by molar-refractivity contribution is 7.89. The lowest BCUT2D eigenvalue weighted by atomic mass is 10.1. The predicted molar refractivity (Wildman–Crippen MR) is 129 cm³/mol. The van der Waals surface area contributed by atoms with Crippen molar-refractivity contribution < 1.29 is 22.4 Å². The van der Waals surface area contributed by atoms with Crippen LogP contribution in [0.1, 0.15) is 21.7 Å². The van der Waals surface area contributed by atoms with Crippen LogP contribution in [0.4, 0.5) is 5.69 Å². The Kier molecular flexibility index (Phi) is 6.86. The number of carbonyl (C=O) groups is 1. The van der Waals surface area contributed by atoms with E-state index in [-0.39, 0.29) is 11.5 Å². The van der Waals surface area contributed by atoms with Gasteiger partial charge in [0.2, 0.25) is 10.0 Å². The lowest BCUT2D eigenvalue weighted by molar-refractivity contribution is 0.0472. The molecule has 0 saturated carbocycles. The van der Waals surface area contributed by atoms with Gasteiger partial charge in [-0.25, -0.2) is 18.4 Å². The lowest BCUT2D eigenvalue weighted by Crippen LogP contribution is -2.11. The topological polar surface area (TPSA) is 124 Å². The number of furan rings is 1. The van der Waals surface area contributed by atoms with Crippen LogP contribution in [0, 0.1) is 0 Å². The van der Waals surface area contributed by atoms with Gasteiger partial charge in [0, 0.05) is 5.56 Å². The lowest BCUT2D eigenvalue weighted by Gasteiger charge is -2.05. The molecule has 9 heteroatoms. The van der Waals surface area contributed by atoms with Crippen molar-refractivity contribution >= 4 is 27.9 Å². The maximum Gasteiger partial charge on any atom is 0.338 e. The number of carbonyl (C=O) groups excluding carboxylic acids is 1. The number of sulfonamides is 1. The fraction of sp³-hybridized carbons (Fsp3) is 0.0400. The first-order chi connectivity index (χ1) is 16.4. The average molecular weight is 476 g/mol. The molecule has 0 fully saturated rings. The highest BCUT2D eigenvalue weighted by atomic mass is 32.2. The van der Waals surface area contributed by atoms with Crippen LogP contribution in [0.3, 0.4) is 0 Å². The summed E-state index contributed by atoms with van der Waals surface area (Å²) >= 11 is 0. The molecule has 0 saturated heterocycles. The summed E-state index contributed by atoms with van der Waals surface area (Å²) in [6.45, 7) is 0.215. The van der Waals surface area contributed by atoms with Crippen LogP contribution < -0.4 is 10.6 Å². The standard InChI is InChI=1S/C25H21N3O5S/c26-34(30,31)23-13-10-21(11-14-23)28-27-16-22-12-15-24(33-22)19-6-8-20(9-7-19)25(29)32-17-18-4-2-1-3-5-18/h1-16,28H,17H2,(H2,26,30,31). The zero-order chi connectivity index (χ0) is 24.0. The van der Waals surface area contributed by atoms with Crippen LogP contribution in [0.5, 0.6) is 0 Å². The molecule has 0 spiro atoms. The molecule has 0 aliphatic heterocycles. The van der Waals surface area contributed by atoms with Crippen molar-refractivity contribution in [2.75, 3.05) is 5.43 Å². The largest absolute Gasteiger partial charge is 0.457 e. The predicted octanol–water partition coefficient (Wildman–Crippen LogP) is 4.40. The van der Waals surface area contributed by atoms with Crippen molar-refractivity contribution in [3.63, 3.8) is 0 Å². The third-order valence-corrected chi connectivity index (χ3v) is 5.74. The third-order valence-electron chi connectivity index (χ3n) is 4.81. The van der Waals surface area contributed by atoms with Gasteiger partial charge in [0.05, 0.1) is 22.4 Å². The molecule has 8 nitrogen and oxygen atoms in total. The second kappa shape index (κ2) is 10.2. The number of hydrazone groups is 1. The average Bonchev–Trinajstić information content (AvgIpc) is 3.32. The molecule has 0 unspecified atom stereocenters. The van der Waals surface area contributed by atoms with Gasteiger partial charge < -0.3 is 9.15 Å². The van der Waals surface area contributed by atoms with Crippen molar-refractivity contribution in [1.29, 1.82) is 0 Å². The smallest absolute Gasteiger partial charge is 0.338 e. The number of esters is 1. The fourth-order valence-electron chi connectivity index (χ4n) is 3.04. The molecule has 4 rings (SSSR count). The van der Waals surface area contributed by atoms with Crippen molar-refractivity contribution in [2.45, 2.75) is 11.5 Å². The van der Waals surface area contributed by atoms with Gasteiger partial charge in [-0.15, -0.1) is 0 Å². The molecule has 1 aromatic heterocycles.